The van der Waals surface area contributed by atoms with Crippen LogP contribution in [0.5, 0.6) is 0 Å². The van der Waals surface area contributed by atoms with Crippen molar-refractivity contribution in [3.8, 4) is 0 Å². The number of fused-ring (bicyclic) bond motifs is 1. The lowest BCUT2D eigenvalue weighted by molar-refractivity contribution is 1.22. The summed E-state index contributed by atoms with van der Waals surface area (Å²) in [5.74, 6) is 0. The van der Waals surface area contributed by atoms with Crippen molar-refractivity contribution in [2.45, 2.75) is 6.92 Å². The Kier molecular flexibility index (Phi) is 2.00. The minimum atomic E-state index is 1.07. The maximum atomic E-state index is 4.23. The number of hydrogen-bond acceptors (Lipinski definition) is 1. The summed E-state index contributed by atoms with van der Waals surface area (Å²) in [6, 6.07) is 8.48. The van der Waals surface area contributed by atoms with Crippen LogP contribution < -0.4 is 0 Å². The first kappa shape index (κ1) is 7.98. The van der Waals surface area contributed by atoms with E-state index in [-0.39, 0.29) is 0 Å². The van der Waals surface area contributed by atoms with Crippen LogP contribution in [0.4, 0.5) is 0 Å². The molecule has 1 nitrogen and oxygen atoms in total. The van der Waals surface area contributed by atoms with Crippen LogP contribution in [0.15, 0.2) is 30.5 Å². The van der Waals surface area contributed by atoms with Crippen LogP contribution in [-0.2, 0) is 0 Å². The summed E-state index contributed by atoms with van der Waals surface area (Å²) in [4.78, 5) is 4.23. The summed E-state index contributed by atoms with van der Waals surface area (Å²) in [6.07, 6.45) is 1.92. The molecule has 0 atom stereocenters. The summed E-state index contributed by atoms with van der Waals surface area (Å²) < 4.78 is 1.27. The van der Waals surface area contributed by atoms with Gasteiger partial charge in [-0.2, -0.15) is 0 Å². The maximum absolute atomic E-state index is 4.23. The molecule has 0 spiro atoms. The van der Waals surface area contributed by atoms with E-state index in [9.17, 15) is 0 Å². The van der Waals surface area contributed by atoms with Gasteiger partial charge in [0.15, 0.2) is 0 Å². The van der Waals surface area contributed by atoms with Crippen LogP contribution in [0, 0.1) is 10.5 Å². The molecule has 0 aliphatic carbocycles. The first-order valence-electron chi connectivity index (χ1n) is 3.77. The number of hydrogen-bond donors (Lipinski definition) is 0. The molecule has 2 rings (SSSR count). The zero-order valence-electron chi connectivity index (χ0n) is 6.71. The van der Waals surface area contributed by atoms with Crippen molar-refractivity contribution in [1.29, 1.82) is 0 Å². The highest BCUT2D eigenvalue weighted by atomic mass is 127. The molecule has 2 heteroatoms. The third-order valence-corrected chi connectivity index (χ3v) is 2.49. The van der Waals surface area contributed by atoms with E-state index >= 15 is 0 Å². The number of aromatic nitrogens is 1. The SMILES string of the molecule is Cc1cc2cc(I)ccc2cn1. The monoisotopic (exact) mass is 269 g/mol. The molecule has 0 saturated heterocycles. The molecule has 2 aromatic rings. The van der Waals surface area contributed by atoms with Crippen molar-refractivity contribution in [3.63, 3.8) is 0 Å². The first-order valence-corrected chi connectivity index (χ1v) is 4.85. The lowest BCUT2D eigenvalue weighted by Crippen LogP contribution is -1.81. The molecule has 0 amide bonds. The second kappa shape index (κ2) is 3.01. The molecule has 0 fully saturated rings. The van der Waals surface area contributed by atoms with Gasteiger partial charge in [0.25, 0.3) is 0 Å². The van der Waals surface area contributed by atoms with Gasteiger partial charge in [-0.3, -0.25) is 4.98 Å². The number of aryl methyl sites for hydroxylation is 1. The van der Waals surface area contributed by atoms with Gasteiger partial charge in [-0.25, -0.2) is 0 Å². The zero-order valence-corrected chi connectivity index (χ0v) is 8.87. The summed E-state index contributed by atoms with van der Waals surface area (Å²) in [6.45, 7) is 2.01. The van der Waals surface area contributed by atoms with E-state index in [1.54, 1.807) is 0 Å². The third kappa shape index (κ3) is 1.43. The van der Waals surface area contributed by atoms with Crippen molar-refractivity contribution in [3.05, 3.63) is 39.7 Å². The fourth-order valence-corrected chi connectivity index (χ4v) is 1.74. The minimum absolute atomic E-state index is 1.07. The normalized spacial score (nSPS) is 10.5. The predicted molar refractivity (Wildman–Crippen MR) is 59.2 cm³/mol. The quantitative estimate of drug-likeness (QED) is 0.669. The molecule has 0 unspecified atom stereocenters. The van der Waals surface area contributed by atoms with Gasteiger partial charge in [0.1, 0.15) is 0 Å². The number of nitrogens with zero attached hydrogens (tertiary/aromatic N) is 1. The van der Waals surface area contributed by atoms with Crippen molar-refractivity contribution < 1.29 is 0 Å². The fraction of sp³-hybridized carbons (Fsp3) is 0.100. The molecule has 12 heavy (non-hydrogen) atoms. The standard InChI is InChI=1S/C10H8IN/c1-7-4-9-5-10(11)3-2-8(9)6-12-7/h2-6H,1H3. The molecular weight excluding hydrogens is 261 g/mol. The number of benzene rings is 1. The third-order valence-electron chi connectivity index (χ3n) is 1.82. The molecule has 1 heterocycles. The highest BCUT2D eigenvalue weighted by Gasteiger charge is 1.94. The van der Waals surface area contributed by atoms with Gasteiger partial charge in [0.2, 0.25) is 0 Å². The Morgan fingerprint density at radius 2 is 2.00 bits per heavy atom. The molecular formula is C10H8IN. The molecule has 0 bridgehead atoms. The summed E-state index contributed by atoms with van der Waals surface area (Å²) in [5.41, 5.74) is 1.07. The second-order valence-electron chi connectivity index (χ2n) is 2.82. The lowest BCUT2D eigenvalue weighted by atomic mass is 10.1. The van der Waals surface area contributed by atoms with Gasteiger partial charge in [-0.1, -0.05) is 6.07 Å². The van der Waals surface area contributed by atoms with Crippen LogP contribution in [0.3, 0.4) is 0 Å². The van der Waals surface area contributed by atoms with E-state index in [1.807, 2.05) is 13.1 Å². The van der Waals surface area contributed by atoms with E-state index in [0.29, 0.717) is 0 Å². The Bertz CT molecular complexity index is 386. The average Bonchev–Trinajstić information content (AvgIpc) is 2.03. The van der Waals surface area contributed by atoms with E-state index in [0.717, 1.165) is 5.69 Å². The summed E-state index contributed by atoms with van der Waals surface area (Å²) >= 11 is 2.32. The van der Waals surface area contributed by atoms with Gasteiger partial charge in [0, 0.05) is 20.8 Å². The van der Waals surface area contributed by atoms with Crippen LogP contribution in [0.2, 0.25) is 0 Å². The predicted octanol–water partition coefficient (Wildman–Crippen LogP) is 3.15. The number of halogens is 1. The van der Waals surface area contributed by atoms with Crippen molar-refractivity contribution >= 4 is 33.4 Å². The van der Waals surface area contributed by atoms with Crippen molar-refractivity contribution in [1.82, 2.24) is 4.98 Å². The zero-order chi connectivity index (χ0) is 8.55. The van der Waals surface area contributed by atoms with Gasteiger partial charge < -0.3 is 0 Å². The molecule has 1 aromatic heterocycles. The summed E-state index contributed by atoms with van der Waals surface area (Å²) in [7, 11) is 0. The molecule has 0 aliphatic heterocycles. The minimum Gasteiger partial charge on any atom is -0.261 e. The lowest BCUT2D eigenvalue weighted by Gasteiger charge is -1.98. The maximum Gasteiger partial charge on any atom is 0.0379 e. The second-order valence-corrected chi connectivity index (χ2v) is 4.06. The van der Waals surface area contributed by atoms with Crippen molar-refractivity contribution in [2.75, 3.05) is 0 Å². The van der Waals surface area contributed by atoms with E-state index in [1.165, 1.54) is 14.3 Å². The van der Waals surface area contributed by atoms with E-state index in [2.05, 4.69) is 51.8 Å². The Balaban J connectivity index is 2.80. The van der Waals surface area contributed by atoms with Gasteiger partial charge >= 0.3 is 0 Å². The van der Waals surface area contributed by atoms with E-state index in [4.69, 9.17) is 0 Å². The number of pyridine rings is 1. The summed E-state index contributed by atoms with van der Waals surface area (Å²) in [5, 5.41) is 2.48. The Morgan fingerprint density at radius 3 is 2.83 bits per heavy atom. The molecule has 0 radical (unpaired) electrons. The Hall–Kier alpha value is -0.640. The van der Waals surface area contributed by atoms with Crippen LogP contribution >= 0.6 is 22.6 Å². The topological polar surface area (TPSA) is 12.9 Å². The first-order chi connectivity index (χ1) is 5.75. The average molecular weight is 269 g/mol. The molecule has 60 valence electrons. The van der Waals surface area contributed by atoms with Crippen LogP contribution in [-0.4, -0.2) is 4.98 Å². The van der Waals surface area contributed by atoms with Crippen LogP contribution in [0.1, 0.15) is 5.69 Å². The Morgan fingerprint density at radius 1 is 1.17 bits per heavy atom. The fourth-order valence-electron chi connectivity index (χ4n) is 1.22. The number of rotatable bonds is 0. The van der Waals surface area contributed by atoms with Crippen molar-refractivity contribution in [2.24, 2.45) is 0 Å². The molecule has 0 aliphatic rings. The smallest absolute Gasteiger partial charge is 0.0379 e. The highest BCUT2D eigenvalue weighted by Crippen LogP contribution is 2.16. The molecule has 0 N–H and O–H groups in total. The van der Waals surface area contributed by atoms with E-state index < -0.39 is 0 Å². The van der Waals surface area contributed by atoms with Gasteiger partial charge in [0.05, 0.1) is 0 Å². The Labute approximate surface area is 85.0 Å². The molecule has 1 aromatic carbocycles. The van der Waals surface area contributed by atoms with Gasteiger partial charge in [-0.05, 0) is 53.1 Å². The van der Waals surface area contributed by atoms with Crippen LogP contribution in [0.25, 0.3) is 10.8 Å². The van der Waals surface area contributed by atoms with Gasteiger partial charge in [-0.15, -0.1) is 0 Å². The highest BCUT2D eigenvalue weighted by molar-refractivity contribution is 14.1. The largest absolute Gasteiger partial charge is 0.261 e. The molecule has 0 saturated carbocycles.